The molecule has 4 aromatic rings. The first-order valence-corrected chi connectivity index (χ1v) is 10.5. The van der Waals surface area contributed by atoms with Crippen molar-refractivity contribution >= 4 is 23.3 Å². The maximum atomic E-state index is 12.6. The summed E-state index contributed by atoms with van der Waals surface area (Å²) in [5.41, 5.74) is 3.18. The average molecular weight is 448 g/mol. The van der Waals surface area contributed by atoms with Gasteiger partial charge in [-0.15, -0.1) is 0 Å². The topological polar surface area (TPSA) is 116 Å². The second kappa shape index (κ2) is 9.86. The second-order valence-electron chi connectivity index (χ2n) is 7.11. The normalized spacial score (nSPS) is 11.2. The van der Waals surface area contributed by atoms with Crippen molar-refractivity contribution in [1.82, 2.24) is 19.1 Å². The molecule has 33 heavy (non-hydrogen) atoms. The Morgan fingerprint density at radius 2 is 1.79 bits per heavy atom. The smallest absolute Gasteiger partial charge is 0.329 e. The van der Waals surface area contributed by atoms with E-state index in [4.69, 9.17) is 9.47 Å². The van der Waals surface area contributed by atoms with Gasteiger partial charge in [0.05, 0.1) is 19.4 Å². The molecule has 2 aromatic heterocycles. The zero-order valence-corrected chi connectivity index (χ0v) is 18.3. The van der Waals surface area contributed by atoms with E-state index in [0.29, 0.717) is 24.8 Å². The van der Waals surface area contributed by atoms with Gasteiger partial charge >= 0.3 is 5.69 Å². The Morgan fingerprint density at radius 1 is 1.06 bits per heavy atom. The number of aromatic amines is 1. The van der Waals surface area contributed by atoms with Crippen molar-refractivity contribution in [3.05, 3.63) is 81.0 Å². The maximum absolute atomic E-state index is 12.6. The van der Waals surface area contributed by atoms with Gasteiger partial charge in [-0.05, 0) is 48.9 Å². The van der Waals surface area contributed by atoms with E-state index in [9.17, 15) is 9.59 Å². The maximum Gasteiger partial charge on any atom is 0.329 e. The molecule has 0 spiro atoms. The Labute approximate surface area is 189 Å². The predicted octanol–water partition coefficient (Wildman–Crippen LogP) is 2.35. The fourth-order valence-corrected chi connectivity index (χ4v) is 3.29. The molecular weight excluding hydrogens is 424 g/mol. The molecule has 0 aliphatic heterocycles. The minimum atomic E-state index is -0.540. The highest BCUT2D eigenvalue weighted by atomic mass is 16.5. The quantitative estimate of drug-likeness (QED) is 0.300. The number of imidazole rings is 1. The molecule has 2 heterocycles. The number of aryl methyl sites for hydroxylation is 1. The van der Waals surface area contributed by atoms with Gasteiger partial charge in [-0.1, -0.05) is 18.2 Å². The third-order valence-corrected chi connectivity index (χ3v) is 4.90. The van der Waals surface area contributed by atoms with Crippen molar-refractivity contribution < 1.29 is 9.47 Å². The Balaban J connectivity index is 1.59. The van der Waals surface area contributed by atoms with Crippen LogP contribution in [0.3, 0.4) is 0 Å². The molecule has 2 N–H and O–H groups in total. The van der Waals surface area contributed by atoms with Gasteiger partial charge < -0.3 is 9.47 Å². The van der Waals surface area contributed by atoms with Crippen molar-refractivity contribution in [2.45, 2.75) is 13.5 Å². The van der Waals surface area contributed by atoms with Crippen LogP contribution in [-0.4, -0.2) is 38.5 Å². The van der Waals surface area contributed by atoms with Crippen LogP contribution in [0.5, 0.6) is 11.5 Å². The summed E-state index contributed by atoms with van der Waals surface area (Å²) in [7, 11) is 1.55. The number of ether oxygens (including phenoxy) is 2. The Kier molecular flexibility index (Phi) is 6.53. The van der Waals surface area contributed by atoms with E-state index in [0.717, 1.165) is 11.3 Å². The average Bonchev–Trinajstić information content (AvgIpc) is 3.19. The zero-order chi connectivity index (χ0) is 23.2. The van der Waals surface area contributed by atoms with Crippen LogP contribution in [0.15, 0.2) is 69.3 Å². The summed E-state index contributed by atoms with van der Waals surface area (Å²) in [5.74, 6) is 1.81. The molecule has 0 aliphatic carbocycles. The molecular formula is C23H24N6O4. The fraction of sp³-hybridized carbons (Fsp3) is 0.217. The number of fused-ring (bicyclic) bond motifs is 1. The third kappa shape index (κ3) is 4.95. The molecule has 10 heteroatoms. The molecule has 0 atom stereocenters. The van der Waals surface area contributed by atoms with Gasteiger partial charge in [0, 0.05) is 7.05 Å². The van der Waals surface area contributed by atoms with Crippen LogP contribution in [0.2, 0.25) is 0 Å². The van der Waals surface area contributed by atoms with Gasteiger partial charge in [0.1, 0.15) is 18.1 Å². The number of anilines is 1. The number of aromatic nitrogens is 4. The first-order chi connectivity index (χ1) is 16.1. The van der Waals surface area contributed by atoms with Crippen LogP contribution in [0.4, 0.5) is 5.95 Å². The summed E-state index contributed by atoms with van der Waals surface area (Å²) in [5, 5.41) is 4.25. The lowest BCUT2D eigenvalue weighted by atomic mass is 10.2. The first-order valence-electron chi connectivity index (χ1n) is 10.5. The Hall–Kier alpha value is -4.34. The van der Waals surface area contributed by atoms with E-state index < -0.39 is 11.2 Å². The summed E-state index contributed by atoms with van der Waals surface area (Å²) >= 11 is 0. The van der Waals surface area contributed by atoms with Crippen molar-refractivity contribution in [2.24, 2.45) is 12.1 Å². The Bertz CT molecular complexity index is 1370. The van der Waals surface area contributed by atoms with Gasteiger partial charge in [0.25, 0.3) is 5.56 Å². The number of hydrogen-bond acceptors (Lipinski definition) is 7. The van der Waals surface area contributed by atoms with Gasteiger partial charge in [0.15, 0.2) is 11.2 Å². The van der Waals surface area contributed by atoms with E-state index in [2.05, 4.69) is 20.5 Å². The van der Waals surface area contributed by atoms with Crippen LogP contribution in [-0.2, 0) is 13.6 Å². The summed E-state index contributed by atoms with van der Waals surface area (Å²) in [6, 6.07) is 16.8. The lowest BCUT2D eigenvalue weighted by Gasteiger charge is -2.10. The summed E-state index contributed by atoms with van der Waals surface area (Å²) in [6.45, 7) is 3.13. The number of nitrogens with zero attached hydrogens (tertiary/aromatic N) is 4. The molecule has 0 saturated heterocycles. The van der Waals surface area contributed by atoms with Gasteiger partial charge in [-0.3, -0.25) is 18.9 Å². The molecule has 0 radical (unpaired) electrons. The monoisotopic (exact) mass is 448 g/mol. The molecule has 0 amide bonds. The minimum absolute atomic E-state index is 0.252. The number of hydrogen-bond donors (Lipinski definition) is 2. The predicted molar refractivity (Wildman–Crippen MR) is 126 cm³/mol. The first kappa shape index (κ1) is 21.9. The lowest BCUT2D eigenvalue weighted by molar-refractivity contribution is 0.301. The molecule has 2 aromatic carbocycles. The van der Waals surface area contributed by atoms with Crippen molar-refractivity contribution in [1.29, 1.82) is 0 Å². The molecule has 0 aliphatic rings. The second-order valence-corrected chi connectivity index (χ2v) is 7.11. The summed E-state index contributed by atoms with van der Waals surface area (Å²) < 4.78 is 14.1. The van der Waals surface area contributed by atoms with Gasteiger partial charge in [-0.2, -0.15) is 10.1 Å². The van der Waals surface area contributed by atoms with E-state index in [1.807, 2.05) is 61.5 Å². The largest absolute Gasteiger partial charge is 0.494 e. The van der Waals surface area contributed by atoms with Gasteiger partial charge in [-0.25, -0.2) is 10.2 Å². The van der Waals surface area contributed by atoms with Crippen molar-refractivity contribution in [3.63, 3.8) is 0 Å². The highest BCUT2D eigenvalue weighted by Gasteiger charge is 2.17. The zero-order valence-electron chi connectivity index (χ0n) is 18.3. The SMILES string of the molecule is CCOc1ccc(/C=N/Nc2nc3c(c(=O)[nH]c(=O)n3C)n2CCOc2ccccc2)cc1. The summed E-state index contributed by atoms with van der Waals surface area (Å²) in [6.07, 6.45) is 1.63. The van der Waals surface area contributed by atoms with Gasteiger partial charge in [0.2, 0.25) is 5.95 Å². The van der Waals surface area contributed by atoms with Crippen LogP contribution >= 0.6 is 0 Å². The molecule has 0 bridgehead atoms. The standard InChI is InChI=1S/C23H24N6O4/c1-3-32-18-11-9-16(10-12-18)15-24-27-22-25-20-19(21(30)26-23(31)28(20)2)29(22)13-14-33-17-7-5-4-6-8-17/h4-12,15H,3,13-14H2,1-2H3,(H,25,27)(H,26,30,31)/b24-15+. The molecule has 0 unspecified atom stereocenters. The van der Waals surface area contributed by atoms with E-state index in [1.165, 1.54) is 4.57 Å². The number of H-pyrrole nitrogens is 1. The van der Waals surface area contributed by atoms with Crippen molar-refractivity contribution in [3.8, 4) is 11.5 Å². The third-order valence-electron chi connectivity index (χ3n) is 4.90. The van der Waals surface area contributed by atoms with E-state index >= 15 is 0 Å². The fourth-order valence-electron chi connectivity index (χ4n) is 3.29. The highest BCUT2D eigenvalue weighted by Crippen LogP contribution is 2.16. The summed E-state index contributed by atoms with van der Waals surface area (Å²) in [4.78, 5) is 31.3. The van der Waals surface area contributed by atoms with Crippen LogP contribution in [0.25, 0.3) is 11.2 Å². The Morgan fingerprint density at radius 3 is 2.52 bits per heavy atom. The molecule has 0 saturated carbocycles. The number of benzene rings is 2. The molecule has 4 rings (SSSR count). The van der Waals surface area contributed by atoms with E-state index in [1.54, 1.807) is 17.8 Å². The van der Waals surface area contributed by atoms with Crippen LogP contribution < -0.4 is 26.1 Å². The molecule has 10 nitrogen and oxygen atoms in total. The molecule has 0 fully saturated rings. The number of nitrogens with one attached hydrogen (secondary N) is 2. The number of rotatable bonds is 9. The van der Waals surface area contributed by atoms with Crippen molar-refractivity contribution in [2.75, 3.05) is 18.6 Å². The number of para-hydroxylation sites is 1. The molecule has 170 valence electrons. The highest BCUT2D eigenvalue weighted by molar-refractivity contribution is 5.80. The lowest BCUT2D eigenvalue weighted by Crippen LogP contribution is -2.29. The number of hydrazone groups is 1. The van der Waals surface area contributed by atoms with E-state index in [-0.39, 0.29) is 17.8 Å². The van der Waals surface area contributed by atoms with Crippen LogP contribution in [0.1, 0.15) is 12.5 Å². The minimum Gasteiger partial charge on any atom is -0.494 e. The van der Waals surface area contributed by atoms with Crippen LogP contribution in [0, 0.1) is 0 Å².